The van der Waals surface area contributed by atoms with Gasteiger partial charge in [-0.3, -0.25) is 14.4 Å². The van der Waals surface area contributed by atoms with Crippen molar-refractivity contribution in [1.29, 1.82) is 0 Å². The molecule has 10 heteroatoms. The maximum absolute atomic E-state index is 12.7. The van der Waals surface area contributed by atoms with Gasteiger partial charge in [0.2, 0.25) is 11.9 Å². The van der Waals surface area contributed by atoms with Gasteiger partial charge in [0.15, 0.2) is 0 Å². The Morgan fingerprint density at radius 1 is 0.886 bits per heavy atom. The molecule has 4 N–H and O–H groups in total. The van der Waals surface area contributed by atoms with Crippen molar-refractivity contribution in [3.05, 3.63) is 66.4 Å². The van der Waals surface area contributed by atoms with Crippen molar-refractivity contribution in [1.82, 2.24) is 19.8 Å². The number of benzene rings is 2. The molecule has 0 saturated carbocycles. The molecular weight excluding hydrogens is 448 g/mol. The molecule has 1 aliphatic heterocycles. The lowest BCUT2D eigenvalue weighted by Gasteiger charge is -2.34. The number of carbonyl (C=O) groups excluding carboxylic acids is 2. The largest absolute Gasteiger partial charge is 0.481 e. The van der Waals surface area contributed by atoms with Gasteiger partial charge in [0, 0.05) is 68.7 Å². The first kappa shape index (κ1) is 25.2. The fraction of sp³-hybridized carbons (Fsp3) is 0.240. The number of nitrogens with one attached hydrogen (secondary N) is 1. The molecular formula is C25H28N6O4. The molecule has 0 atom stereocenters. The Morgan fingerprint density at radius 3 is 2.03 bits per heavy atom. The van der Waals surface area contributed by atoms with Gasteiger partial charge in [-0.1, -0.05) is 12.1 Å². The number of nitrogens with two attached hydrogens (primary N) is 1. The first-order valence-corrected chi connectivity index (χ1v) is 11.0. The summed E-state index contributed by atoms with van der Waals surface area (Å²) < 4.78 is 0. The third-order valence-electron chi connectivity index (χ3n) is 5.26. The molecule has 1 aliphatic rings. The number of carboxylic acid groups (broad SMARTS) is 1. The minimum atomic E-state index is -0.833. The van der Waals surface area contributed by atoms with Crippen molar-refractivity contribution in [2.24, 2.45) is 0 Å². The number of aromatic nitrogens is 2. The van der Waals surface area contributed by atoms with E-state index >= 15 is 0 Å². The van der Waals surface area contributed by atoms with Gasteiger partial charge in [-0.2, -0.15) is 0 Å². The third-order valence-corrected chi connectivity index (χ3v) is 5.26. The molecule has 182 valence electrons. The van der Waals surface area contributed by atoms with Crippen LogP contribution in [0, 0.1) is 0 Å². The predicted octanol–water partition coefficient (Wildman–Crippen LogP) is 2.86. The Balaban J connectivity index is 0.000000795. The Kier molecular flexibility index (Phi) is 8.33. The van der Waals surface area contributed by atoms with Gasteiger partial charge in [0.05, 0.1) is 5.69 Å². The number of amides is 2. The van der Waals surface area contributed by atoms with Gasteiger partial charge in [-0.25, -0.2) is 9.97 Å². The van der Waals surface area contributed by atoms with Crippen LogP contribution in [0.5, 0.6) is 0 Å². The zero-order valence-corrected chi connectivity index (χ0v) is 19.6. The van der Waals surface area contributed by atoms with Gasteiger partial charge >= 0.3 is 0 Å². The van der Waals surface area contributed by atoms with Crippen molar-refractivity contribution >= 4 is 35.1 Å². The smallest absolute Gasteiger partial charge is 0.300 e. The molecule has 1 aromatic heterocycles. The number of hydrogen-bond acceptors (Lipinski definition) is 7. The molecule has 0 spiro atoms. The Bertz CT molecular complexity index is 1170. The topological polar surface area (TPSA) is 142 Å². The molecule has 2 heterocycles. The molecule has 10 nitrogen and oxygen atoms in total. The van der Waals surface area contributed by atoms with E-state index in [9.17, 15) is 9.59 Å². The van der Waals surface area contributed by atoms with Crippen molar-refractivity contribution in [3.8, 4) is 11.3 Å². The molecule has 0 bridgehead atoms. The van der Waals surface area contributed by atoms with E-state index in [4.69, 9.17) is 15.6 Å². The molecule has 1 fully saturated rings. The van der Waals surface area contributed by atoms with Crippen LogP contribution >= 0.6 is 0 Å². The van der Waals surface area contributed by atoms with E-state index in [1.54, 1.807) is 35.1 Å². The zero-order valence-electron chi connectivity index (χ0n) is 19.6. The summed E-state index contributed by atoms with van der Waals surface area (Å²) in [6.07, 6.45) is 1.69. The van der Waals surface area contributed by atoms with E-state index in [0.29, 0.717) is 43.4 Å². The van der Waals surface area contributed by atoms with E-state index in [2.05, 4.69) is 15.3 Å². The number of rotatable bonds is 4. The second-order valence-electron chi connectivity index (χ2n) is 7.91. The SMILES string of the molecule is CC(=O)N1CCN(C(=O)c2ccc(Nc3nccc(-c4ccc(N)cc4)n3)cc2)CC1.CC(=O)O. The monoisotopic (exact) mass is 476 g/mol. The second kappa shape index (κ2) is 11.6. The number of carboxylic acids is 1. The highest BCUT2D eigenvalue weighted by atomic mass is 16.4. The van der Waals surface area contributed by atoms with Gasteiger partial charge in [0.1, 0.15) is 0 Å². The van der Waals surface area contributed by atoms with Gasteiger partial charge in [0.25, 0.3) is 11.9 Å². The van der Waals surface area contributed by atoms with Gasteiger partial charge in [-0.05, 0) is 42.5 Å². The van der Waals surface area contributed by atoms with E-state index in [1.807, 2.05) is 42.5 Å². The maximum Gasteiger partial charge on any atom is 0.300 e. The van der Waals surface area contributed by atoms with Crippen LogP contribution in [0.3, 0.4) is 0 Å². The van der Waals surface area contributed by atoms with Crippen molar-refractivity contribution in [3.63, 3.8) is 0 Å². The molecule has 2 amide bonds. The van der Waals surface area contributed by atoms with Crippen LogP contribution in [-0.2, 0) is 9.59 Å². The predicted molar refractivity (Wildman–Crippen MR) is 133 cm³/mol. The molecule has 1 saturated heterocycles. The van der Waals surface area contributed by atoms with Crippen LogP contribution in [0.2, 0.25) is 0 Å². The lowest BCUT2D eigenvalue weighted by molar-refractivity contribution is -0.134. The number of piperazine rings is 1. The summed E-state index contributed by atoms with van der Waals surface area (Å²) in [5.74, 6) is -0.352. The second-order valence-corrected chi connectivity index (χ2v) is 7.91. The number of anilines is 3. The number of hydrogen-bond donors (Lipinski definition) is 3. The lowest BCUT2D eigenvalue weighted by atomic mass is 10.1. The highest BCUT2D eigenvalue weighted by molar-refractivity contribution is 5.94. The molecule has 4 rings (SSSR count). The molecule has 0 unspecified atom stereocenters. The van der Waals surface area contributed by atoms with E-state index < -0.39 is 5.97 Å². The normalized spacial score (nSPS) is 12.9. The van der Waals surface area contributed by atoms with E-state index in [1.165, 1.54) is 0 Å². The number of carbonyl (C=O) groups is 3. The summed E-state index contributed by atoms with van der Waals surface area (Å²) in [5, 5.41) is 10.6. The Morgan fingerprint density at radius 2 is 1.46 bits per heavy atom. The number of aliphatic carboxylic acids is 1. The fourth-order valence-corrected chi connectivity index (χ4v) is 3.47. The van der Waals surface area contributed by atoms with Crippen LogP contribution < -0.4 is 11.1 Å². The van der Waals surface area contributed by atoms with Gasteiger partial charge in [-0.15, -0.1) is 0 Å². The zero-order chi connectivity index (χ0) is 25.4. The molecule has 3 aromatic rings. The minimum absolute atomic E-state index is 0.0312. The molecule has 0 aliphatic carbocycles. The average molecular weight is 477 g/mol. The van der Waals surface area contributed by atoms with Crippen molar-refractivity contribution in [2.45, 2.75) is 13.8 Å². The maximum atomic E-state index is 12.7. The summed E-state index contributed by atoms with van der Waals surface area (Å²) in [4.78, 5) is 45.6. The van der Waals surface area contributed by atoms with E-state index in [0.717, 1.165) is 23.9 Å². The standard InChI is InChI=1S/C23H24N6O2.C2H4O2/c1-16(30)28-12-14-29(15-13-28)22(31)18-4-8-20(9-5-18)26-23-25-11-10-21(27-23)17-2-6-19(24)7-3-17;1-2(3)4/h2-11H,12-15,24H2,1H3,(H,25,26,27);1H3,(H,3,4). The minimum Gasteiger partial charge on any atom is -0.481 e. The Hall–Kier alpha value is -4.47. The molecule has 35 heavy (non-hydrogen) atoms. The number of nitrogens with zero attached hydrogens (tertiary/aromatic N) is 4. The van der Waals surface area contributed by atoms with Crippen molar-refractivity contribution in [2.75, 3.05) is 37.2 Å². The molecule has 2 aromatic carbocycles. The summed E-state index contributed by atoms with van der Waals surface area (Å²) in [6.45, 7) is 4.87. The van der Waals surface area contributed by atoms with E-state index in [-0.39, 0.29) is 11.8 Å². The average Bonchev–Trinajstić information content (AvgIpc) is 2.84. The van der Waals surface area contributed by atoms with Gasteiger partial charge < -0.3 is 26.0 Å². The summed E-state index contributed by atoms with van der Waals surface area (Å²) in [7, 11) is 0. The first-order chi connectivity index (χ1) is 16.7. The lowest BCUT2D eigenvalue weighted by Crippen LogP contribution is -2.50. The van der Waals surface area contributed by atoms with Crippen LogP contribution in [0.4, 0.5) is 17.3 Å². The van der Waals surface area contributed by atoms with Crippen molar-refractivity contribution < 1.29 is 19.5 Å². The number of nitrogen functional groups attached to an aromatic ring is 1. The molecule has 0 radical (unpaired) electrons. The van der Waals surface area contributed by atoms with Crippen LogP contribution in [0.1, 0.15) is 24.2 Å². The highest BCUT2D eigenvalue weighted by Crippen LogP contribution is 2.21. The fourth-order valence-electron chi connectivity index (χ4n) is 3.47. The summed E-state index contributed by atoms with van der Waals surface area (Å²) in [6, 6.07) is 16.6. The van der Waals surface area contributed by atoms with Crippen LogP contribution in [0.15, 0.2) is 60.8 Å². The summed E-state index contributed by atoms with van der Waals surface area (Å²) in [5.41, 5.74) is 9.58. The third kappa shape index (κ3) is 7.26. The van der Waals surface area contributed by atoms with Crippen LogP contribution in [0.25, 0.3) is 11.3 Å². The summed E-state index contributed by atoms with van der Waals surface area (Å²) >= 11 is 0. The quantitative estimate of drug-likeness (QED) is 0.488. The van der Waals surface area contributed by atoms with Crippen LogP contribution in [-0.4, -0.2) is 68.8 Å². The Labute approximate surface area is 203 Å². The first-order valence-electron chi connectivity index (χ1n) is 11.0. The highest BCUT2D eigenvalue weighted by Gasteiger charge is 2.23.